The van der Waals surface area contributed by atoms with E-state index in [2.05, 4.69) is 258 Å². The maximum atomic E-state index is 2.58. The first-order chi connectivity index (χ1) is 38.3. The van der Waals surface area contributed by atoms with Gasteiger partial charge in [0.2, 0.25) is 0 Å². The molecular formula is C74H60N2S2. The fraction of sp³-hybridized carbons (Fsp3) is 0.135. The van der Waals surface area contributed by atoms with Gasteiger partial charge in [0.25, 0.3) is 0 Å². The summed E-state index contributed by atoms with van der Waals surface area (Å²) in [5.41, 5.74) is 20.1. The normalized spacial score (nSPS) is 11.9. The average molecular weight is 1040 g/mol. The molecule has 0 amide bonds. The monoisotopic (exact) mass is 1040 g/mol. The summed E-state index contributed by atoms with van der Waals surface area (Å²) in [4.78, 5) is 5.16. The zero-order chi connectivity index (χ0) is 52.8. The molecule has 0 fully saturated rings. The molecule has 14 rings (SSSR count). The minimum absolute atomic E-state index is 0.977. The van der Waals surface area contributed by atoms with E-state index in [-0.39, 0.29) is 0 Å². The van der Waals surface area contributed by atoms with Gasteiger partial charge >= 0.3 is 0 Å². The standard InChI is InChI=1S/C74H60N2S2/c1-7-21-49-43-65(75(53-23-11-9-12-24-53)71-45(3)39-51(40-46(71)4)57-29-19-31-61-59-27-15-17-33-67(59)77-73(57)61)63-38-36-56-50(22-8-2)44-66(64-37-35-55(49)69(63)70(56)64)76(54-25-13-10-14-26-54)72-47(5)41-52(42-48(72)6)58-30-20-32-62-60-28-16-18-34-68(60)78-74(58)62/h9-20,23-44H,7-8,21-22H2,1-6H3. The smallest absolute Gasteiger partial charge is 0.0543 e. The van der Waals surface area contributed by atoms with E-state index in [1.165, 1.54) is 151 Å². The second-order valence-electron chi connectivity index (χ2n) is 21.5. The summed E-state index contributed by atoms with van der Waals surface area (Å²) in [5.74, 6) is 0. The molecule has 0 atom stereocenters. The molecule has 0 spiro atoms. The Balaban J connectivity index is 0.996. The third-order valence-electron chi connectivity index (χ3n) is 16.4. The van der Waals surface area contributed by atoms with E-state index in [0.717, 1.165) is 37.1 Å². The molecule has 0 bridgehead atoms. The van der Waals surface area contributed by atoms with Gasteiger partial charge in [-0.3, -0.25) is 0 Å². The van der Waals surface area contributed by atoms with Crippen LogP contribution in [0.25, 0.3) is 94.9 Å². The van der Waals surface area contributed by atoms with Crippen LogP contribution >= 0.6 is 22.7 Å². The van der Waals surface area contributed by atoms with Crippen molar-refractivity contribution in [2.75, 3.05) is 9.80 Å². The Kier molecular flexibility index (Phi) is 11.9. The van der Waals surface area contributed by atoms with Crippen molar-refractivity contribution in [3.05, 3.63) is 240 Å². The average Bonchev–Trinajstić information content (AvgIpc) is 4.13. The lowest BCUT2D eigenvalue weighted by Gasteiger charge is -2.33. The van der Waals surface area contributed by atoms with Crippen molar-refractivity contribution in [3.8, 4) is 22.3 Å². The van der Waals surface area contributed by atoms with Gasteiger partial charge < -0.3 is 9.80 Å². The van der Waals surface area contributed by atoms with E-state index in [1.807, 2.05) is 22.7 Å². The van der Waals surface area contributed by atoms with Crippen molar-refractivity contribution in [1.29, 1.82) is 0 Å². The summed E-state index contributed by atoms with van der Waals surface area (Å²) in [6, 6.07) is 78.1. The Labute approximate surface area is 465 Å². The second-order valence-corrected chi connectivity index (χ2v) is 23.6. The van der Waals surface area contributed by atoms with Gasteiger partial charge in [-0.25, -0.2) is 0 Å². The van der Waals surface area contributed by atoms with E-state index in [0.29, 0.717) is 0 Å². The predicted octanol–water partition coefficient (Wildman–Crippen LogP) is 22.7. The minimum Gasteiger partial charge on any atom is -0.309 e. The highest BCUT2D eigenvalue weighted by Gasteiger charge is 2.28. The lowest BCUT2D eigenvalue weighted by atomic mass is 9.86. The van der Waals surface area contributed by atoms with Crippen LogP contribution in [0.5, 0.6) is 0 Å². The Hall–Kier alpha value is -8.28. The number of benzene rings is 12. The molecule has 4 heteroatoms. The Morgan fingerprint density at radius 2 is 0.692 bits per heavy atom. The van der Waals surface area contributed by atoms with Crippen LogP contribution in [-0.2, 0) is 12.8 Å². The lowest BCUT2D eigenvalue weighted by molar-refractivity contribution is 0.929. The molecule has 2 heterocycles. The van der Waals surface area contributed by atoms with Gasteiger partial charge in [0.1, 0.15) is 0 Å². The van der Waals surface area contributed by atoms with Crippen molar-refractivity contribution >= 4 is 129 Å². The van der Waals surface area contributed by atoms with Crippen LogP contribution in [-0.4, -0.2) is 0 Å². The van der Waals surface area contributed by atoms with Crippen molar-refractivity contribution in [1.82, 2.24) is 0 Å². The van der Waals surface area contributed by atoms with E-state index < -0.39 is 0 Å². The molecule has 0 N–H and O–H groups in total. The number of nitrogens with zero attached hydrogens (tertiary/aromatic N) is 2. The van der Waals surface area contributed by atoms with Gasteiger partial charge in [0.15, 0.2) is 0 Å². The van der Waals surface area contributed by atoms with Crippen LogP contribution in [0, 0.1) is 27.7 Å². The Bertz CT molecular complexity index is 4300. The Morgan fingerprint density at radius 1 is 0.333 bits per heavy atom. The molecule has 0 aliphatic carbocycles. The molecule has 0 aliphatic heterocycles. The number of hydrogen-bond donors (Lipinski definition) is 0. The van der Waals surface area contributed by atoms with Crippen LogP contribution in [0.2, 0.25) is 0 Å². The van der Waals surface area contributed by atoms with Crippen LogP contribution in [0.1, 0.15) is 60.1 Å². The van der Waals surface area contributed by atoms with Crippen LogP contribution in [0.4, 0.5) is 34.1 Å². The molecule has 0 saturated carbocycles. The lowest BCUT2D eigenvalue weighted by Crippen LogP contribution is -2.15. The molecule has 2 aromatic heterocycles. The first-order valence-electron chi connectivity index (χ1n) is 27.8. The Morgan fingerprint density at radius 3 is 1.09 bits per heavy atom. The highest BCUT2D eigenvalue weighted by molar-refractivity contribution is 7.26. The summed E-state index contributed by atoms with van der Waals surface area (Å²) in [6.45, 7) is 13.9. The largest absolute Gasteiger partial charge is 0.309 e. The highest BCUT2D eigenvalue weighted by Crippen LogP contribution is 2.53. The molecule has 378 valence electrons. The fourth-order valence-corrected chi connectivity index (χ4v) is 15.7. The summed E-state index contributed by atoms with van der Waals surface area (Å²) < 4.78 is 5.35. The summed E-state index contributed by atoms with van der Waals surface area (Å²) >= 11 is 3.80. The van der Waals surface area contributed by atoms with Crippen LogP contribution in [0.15, 0.2) is 206 Å². The molecule has 2 nitrogen and oxygen atoms in total. The van der Waals surface area contributed by atoms with Crippen LogP contribution < -0.4 is 9.80 Å². The third kappa shape index (κ3) is 7.71. The van der Waals surface area contributed by atoms with Gasteiger partial charge in [-0.05, 0) is 191 Å². The van der Waals surface area contributed by atoms with Crippen LogP contribution in [0.3, 0.4) is 0 Å². The van der Waals surface area contributed by atoms with Gasteiger partial charge in [-0.2, -0.15) is 0 Å². The molecule has 12 aromatic carbocycles. The topological polar surface area (TPSA) is 6.48 Å². The first-order valence-corrected chi connectivity index (χ1v) is 29.4. The van der Waals surface area contributed by atoms with E-state index >= 15 is 0 Å². The first kappa shape index (κ1) is 48.1. The number of hydrogen-bond acceptors (Lipinski definition) is 4. The maximum absolute atomic E-state index is 2.58. The summed E-state index contributed by atoms with van der Waals surface area (Å²) in [5, 5.41) is 13.2. The molecule has 0 unspecified atom stereocenters. The SMILES string of the molecule is CCCc1cc(N(c2ccccc2)c2c(C)cc(-c3cccc4c3sc3ccccc34)cc2C)c2ccc3c(CCC)cc(N(c4ccccc4)c4c(C)cc(-c5cccc6c5sc5ccccc56)cc4C)c4ccc1c2c34. The zero-order valence-corrected chi connectivity index (χ0v) is 46.8. The van der Waals surface area contributed by atoms with Crippen molar-refractivity contribution in [3.63, 3.8) is 0 Å². The zero-order valence-electron chi connectivity index (χ0n) is 45.2. The maximum Gasteiger partial charge on any atom is 0.0543 e. The number of aryl methyl sites for hydroxylation is 6. The fourth-order valence-electron chi connectivity index (χ4n) is 13.2. The van der Waals surface area contributed by atoms with Crippen molar-refractivity contribution in [2.45, 2.75) is 67.2 Å². The minimum atomic E-state index is 0.977. The second kappa shape index (κ2) is 19.3. The van der Waals surface area contributed by atoms with E-state index in [9.17, 15) is 0 Å². The predicted molar refractivity (Wildman–Crippen MR) is 343 cm³/mol. The molecule has 0 radical (unpaired) electrons. The number of thiophene rings is 2. The molecule has 0 aliphatic rings. The summed E-state index contributed by atoms with van der Waals surface area (Å²) in [7, 11) is 0. The van der Waals surface area contributed by atoms with E-state index in [1.54, 1.807) is 0 Å². The van der Waals surface area contributed by atoms with Crippen molar-refractivity contribution in [2.24, 2.45) is 0 Å². The van der Waals surface area contributed by atoms with Crippen molar-refractivity contribution < 1.29 is 0 Å². The van der Waals surface area contributed by atoms with E-state index in [4.69, 9.17) is 0 Å². The number of fused-ring (bicyclic) bond motifs is 6. The van der Waals surface area contributed by atoms with Gasteiger partial charge in [-0.15, -0.1) is 22.7 Å². The molecular weight excluding hydrogens is 981 g/mol. The number of para-hydroxylation sites is 2. The number of anilines is 6. The molecule has 78 heavy (non-hydrogen) atoms. The summed E-state index contributed by atoms with van der Waals surface area (Å²) in [6.07, 6.45) is 4.05. The van der Waals surface area contributed by atoms with Gasteiger partial charge in [0, 0.05) is 62.5 Å². The molecule has 14 aromatic rings. The highest BCUT2D eigenvalue weighted by atomic mass is 32.1. The van der Waals surface area contributed by atoms with Gasteiger partial charge in [-0.1, -0.05) is 160 Å². The van der Waals surface area contributed by atoms with Gasteiger partial charge in [0.05, 0.1) is 22.7 Å². The third-order valence-corrected chi connectivity index (χ3v) is 18.9. The number of rotatable bonds is 12. The molecule has 0 saturated heterocycles. The quantitative estimate of drug-likeness (QED) is 0.113.